The van der Waals surface area contributed by atoms with Crippen molar-refractivity contribution in [2.45, 2.75) is 52.9 Å². The Morgan fingerprint density at radius 3 is 2.50 bits per heavy atom. The summed E-state index contributed by atoms with van der Waals surface area (Å²) in [6.07, 6.45) is 12.1. The minimum absolute atomic E-state index is 0.505. The highest BCUT2D eigenvalue weighted by atomic mass is 14.4. The minimum atomic E-state index is 0.505. The van der Waals surface area contributed by atoms with Crippen LogP contribution in [0.3, 0.4) is 0 Å². The Kier molecular flexibility index (Phi) is 2.72. The number of rotatable bonds is 0. The second kappa shape index (κ2) is 3.72. The van der Waals surface area contributed by atoms with Crippen molar-refractivity contribution in [1.29, 1.82) is 0 Å². The molecule has 1 fully saturated rings. The van der Waals surface area contributed by atoms with E-state index in [4.69, 9.17) is 0 Å². The minimum Gasteiger partial charge on any atom is -0.0879 e. The fourth-order valence-electron chi connectivity index (χ4n) is 3.50. The summed E-state index contributed by atoms with van der Waals surface area (Å²) < 4.78 is 0. The first kappa shape index (κ1) is 10.3. The standard InChI is InChI=1S/C14H24/c1-14(2,3)13-10-6-8-11-7-4-5-9-12(11)13/h6,8,11-13H,4-5,7,9-10H2,1-3H3. The SMILES string of the molecule is CC(C)(C)C1CC=CC2CCCCC21. The molecule has 2 rings (SSSR count). The van der Waals surface area contributed by atoms with E-state index in [-0.39, 0.29) is 0 Å². The van der Waals surface area contributed by atoms with Crippen molar-refractivity contribution in [2.24, 2.45) is 23.2 Å². The highest BCUT2D eigenvalue weighted by Gasteiger charge is 2.38. The molecule has 0 amide bonds. The van der Waals surface area contributed by atoms with Gasteiger partial charge < -0.3 is 0 Å². The van der Waals surface area contributed by atoms with Gasteiger partial charge in [0, 0.05) is 0 Å². The maximum atomic E-state index is 2.51. The lowest BCUT2D eigenvalue weighted by Crippen LogP contribution is -2.35. The summed E-state index contributed by atoms with van der Waals surface area (Å²) in [7, 11) is 0. The van der Waals surface area contributed by atoms with Crippen LogP contribution in [-0.2, 0) is 0 Å². The van der Waals surface area contributed by atoms with E-state index in [1.54, 1.807) is 0 Å². The first-order valence-electron chi connectivity index (χ1n) is 6.26. The zero-order chi connectivity index (χ0) is 10.2. The van der Waals surface area contributed by atoms with Crippen molar-refractivity contribution >= 4 is 0 Å². The van der Waals surface area contributed by atoms with E-state index >= 15 is 0 Å². The van der Waals surface area contributed by atoms with Gasteiger partial charge >= 0.3 is 0 Å². The smallest absolute Gasteiger partial charge is 0.0202 e. The molecule has 0 aromatic heterocycles. The van der Waals surface area contributed by atoms with Crippen LogP contribution in [0, 0.1) is 23.2 Å². The summed E-state index contributed by atoms with van der Waals surface area (Å²) in [6.45, 7) is 7.26. The Labute approximate surface area is 88.8 Å². The van der Waals surface area contributed by atoms with Crippen molar-refractivity contribution < 1.29 is 0 Å². The molecule has 3 atom stereocenters. The summed E-state index contributed by atoms with van der Waals surface area (Å²) in [6, 6.07) is 0. The van der Waals surface area contributed by atoms with Crippen LogP contribution in [0.4, 0.5) is 0 Å². The van der Waals surface area contributed by atoms with Crippen LogP contribution in [0.2, 0.25) is 0 Å². The Bertz CT molecular complexity index is 219. The van der Waals surface area contributed by atoms with Crippen LogP contribution < -0.4 is 0 Å². The van der Waals surface area contributed by atoms with E-state index in [0.29, 0.717) is 5.41 Å². The van der Waals surface area contributed by atoms with Crippen molar-refractivity contribution in [3.8, 4) is 0 Å². The first-order chi connectivity index (χ1) is 6.59. The van der Waals surface area contributed by atoms with Gasteiger partial charge in [0.15, 0.2) is 0 Å². The second-order valence-electron chi connectivity index (χ2n) is 6.25. The van der Waals surface area contributed by atoms with Gasteiger partial charge in [-0.05, 0) is 42.4 Å². The van der Waals surface area contributed by atoms with Crippen LogP contribution >= 0.6 is 0 Å². The molecule has 0 aliphatic heterocycles. The number of hydrogen-bond acceptors (Lipinski definition) is 0. The van der Waals surface area contributed by atoms with Crippen molar-refractivity contribution in [3.63, 3.8) is 0 Å². The van der Waals surface area contributed by atoms with Gasteiger partial charge in [0.05, 0.1) is 0 Å². The monoisotopic (exact) mass is 192 g/mol. The molecule has 0 aromatic carbocycles. The van der Waals surface area contributed by atoms with E-state index in [2.05, 4.69) is 32.9 Å². The summed E-state index contributed by atoms with van der Waals surface area (Å²) in [5.41, 5.74) is 0.505. The summed E-state index contributed by atoms with van der Waals surface area (Å²) >= 11 is 0. The quantitative estimate of drug-likeness (QED) is 0.499. The summed E-state index contributed by atoms with van der Waals surface area (Å²) in [4.78, 5) is 0. The molecule has 0 bridgehead atoms. The summed E-state index contributed by atoms with van der Waals surface area (Å²) in [5.74, 6) is 2.84. The van der Waals surface area contributed by atoms with E-state index in [9.17, 15) is 0 Å². The normalized spacial score (nSPS) is 38.1. The molecule has 0 saturated heterocycles. The Morgan fingerprint density at radius 1 is 1.07 bits per heavy atom. The molecule has 0 heterocycles. The molecule has 2 aliphatic carbocycles. The van der Waals surface area contributed by atoms with Gasteiger partial charge in [-0.2, -0.15) is 0 Å². The lowest BCUT2D eigenvalue weighted by molar-refractivity contribution is 0.0885. The van der Waals surface area contributed by atoms with Gasteiger partial charge in [0.2, 0.25) is 0 Å². The Hall–Kier alpha value is -0.260. The van der Waals surface area contributed by atoms with E-state index < -0.39 is 0 Å². The lowest BCUT2D eigenvalue weighted by atomic mass is 9.61. The number of allylic oxidation sites excluding steroid dienone is 2. The van der Waals surface area contributed by atoms with Gasteiger partial charge in [0.25, 0.3) is 0 Å². The van der Waals surface area contributed by atoms with E-state index in [1.165, 1.54) is 32.1 Å². The van der Waals surface area contributed by atoms with E-state index in [1.807, 2.05) is 0 Å². The van der Waals surface area contributed by atoms with Crippen LogP contribution in [-0.4, -0.2) is 0 Å². The third kappa shape index (κ3) is 1.89. The largest absolute Gasteiger partial charge is 0.0879 e. The Morgan fingerprint density at radius 2 is 1.79 bits per heavy atom. The molecule has 3 unspecified atom stereocenters. The zero-order valence-electron chi connectivity index (χ0n) is 9.92. The molecule has 1 saturated carbocycles. The number of fused-ring (bicyclic) bond motifs is 1. The van der Waals surface area contributed by atoms with Crippen molar-refractivity contribution in [2.75, 3.05) is 0 Å². The van der Waals surface area contributed by atoms with Crippen LogP contribution in [0.5, 0.6) is 0 Å². The predicted molar refractivity (Wildman–Crippen MR) is 62.2 cm³/mol. The van der Waals surface area contributed by atoms with Crippen LogP contribution in [0.1, 0.15) is 52.9 Å². The maximum absolute atomic E-state index is 2.51. The summed E-state index contributed by atoms with van der Waals surface area (Å²) in [5, 5.41) is 0. The molecule has 0 nitrogen and oxygen atoms in total. The molecule has 14 heavy (non-hydrogen) atoms. The van der Waals surface area contributed by atoms with Crippen molar-refractivity contribution in [3.05, 3.63) is 12.2 Å². The average Bonchev–Trinajstić information content (AvgIpc) is 2.15. The molecular formula is C14H24. The molecule has 0 radical (unpaired) electrons. The van der Waals surface area contributed by atoms with Crippen LogP contribution in [0.25, 0.3) is 0 Å². The number of hydrogen-bond donors (Lipinski definition) is 0. The second-order valence-corrected chi connectivity index (χ2v) is 6.25. The van der Waals surface area contributed by atoms with Gasteiger partial charge in [-0.15, -0.1) is 0 Å². The molecule has 0 N–H and O–H groups in total. The third-order valence-electron chi connectivity index (χ3n) is 4.28. The third-order valence-corrected chi connectivity index (χ3v) is 4.28. The topological polar surface area (TPSA) is 0 Å². The fourth-order valence-corrected chi connectivity index (χ4v) is 3.50. The van der Waals surface area contributed by atoms with Crippen molar-refractivity contribution in [1.82, 2.24) is 0 Å². The van der Waals surface area contributed by atoms with Gasteiger partial charge in [-0.25, -0.2) is 0 Å². The van der Waals surface area contributed by atoms with Gasteiger partial charge in [-0.3, -0.25) is 0 Å². The molecule has 0 spiro atoms. The zero-order valence-corrected chi connectivity index (χ0v) is 9.92. The highest BCUT2D eigenvalue weighted by molar-refractivity contribution is 5.04. The first-order valence-corrected chi connectivity index (χ1v) is 6.26. The van der Waals surface area contributed by atoms with Crippen LogP contribution in [0.15, 0.2) is 12.2 Å². The fraction of sp³-hybridized carbons (Fsp3) is 0.857. The maximum Gasteiger partial charge on any atom is -0.0202 e. The lowest BCUT2D eigenvalue weighted by Gasteiger charge is -2.44. The molecule has 80 valence electrons. The van der Waals surface area contributed by atoms with E-state index in [0.717, 1.165) is 17.8 Å². The molecule has 0 aromatic rings. The predicted octanol–water partition coefficient (Wildman–Crippen LogP) is 4.42. The van der Waals surface area contributed by atoms with Gasteiger partial charge in [-0.1, -0.05) is 45.8 Å². The molecule has 0 heteroatoms. The molecular weight excluding hydrogens is 168 g/mol. The molecule has 2 aliphatic rings. The van der Waals surface area contributed by atoms with Gasteiger partial charge in [0.1, 0.15) is 0 Å². The average molecular weight is 192 g/mol. The Balaban J connectivity index is 2.15. The highest BCUT2D eigenvalue weighted by Crippen LogP contribution is 2.47.